The number of aryl methyl sites for hydroxylation is 4. The summed E-state index contributed by atoms with van der Waals surface area (Å²) < 4.78 is 34.6. The van der Waals surface area contributed by atoms with Crippen molar-refractivity contribution in [2.24, 2.45) is 0 Å². The third-order valence-corrected chi connectivity index (χ3v) is 9.11. The van der Waals surface area contributed by atoms with Crippen LogP contribution in [0.15, 0.2) is 85.2 Å². The Morgan fingerprint density at radius 2 is 1.40 bits per heavy atom. The van der Waals surface area contributed by atoms with E-state index >= 15 is 0 Å². The van der Waals surface area contributed by atoms with Crippen LogP contribution in [0.4, 0.5) is 0 Å². The van der Waals surface area contributed by atoms with Gasteiger partial charge >= 0.3 is 0 Å². The van der Waals surface area contributed by atoms with Crippen LogP contribution < -0.4 is 29.8 Å². The Morgan fingerprint density at radius 1 is 0.702 bits per heavy atom. The van der Waals surface area contributed by atoms with Gasteiger partial charge in [-0.1, -0.05) is 18.2 Å². The van der Waals surface area contributed by atoms with E-state index in [0.717, 1.165) is 16.9 Å². The van der Waals surface area contributed by atoms with Gasteiger partial charge in [-0.2, -0.15) is 0 Å². The molecule has 0 saturated carbocycles. The van der Waals surface area contributed by atoms with Crippen LogP contribution in [0.3, 0.4) is 0 Å². The number of aliphatic hydroxyl groups is 2. The summed E-state index contributed by atoms with van der Waals surface area (Å²) in [5, 5.41) is 23.3. The van der Waals surface area contributed by atoms with Gasteiger partial charge in [-0.25, -0.2) is 0 Å². The number of methoxy groups -OCH3 is 3. The van der Waals surface area contributed by atoms with Gasteiger partial charge < -0.3 is 38.0 Å². The number of ether oxygens (including phenoxy) is 4. The zero-order valence-corrected chi connectivity index (χ0v) is 26.1. The number of fused-ring (bicyclic) bond motifs is 7. The average Bonchev–Trinajstić information content (AvgIpc) is 3.08. The second-order valence-electron chi connectivity index (χ2n) is 11.8. The molecule has 3 heterocycles. The van der Waals surface area contributed by atoms with Crippen LogP contribution in [-0.2, 0) is 25.7 Å². The molecule has 0 unspecified atom stereocenters. The van der Waals surface area contributed by atoms with Crippen LogP contribution in [-0.4, -0.2) is 43.8 Å². The number of aliphatic hydroxyl groups excluding tert-OH is 2. The molecule has 1 aliphatic carbocycles. The van der Waals surface area contributed by atoms with Crippen molar-refractivity contribution < 1.29 is 38.0 Å². The second kappa shape index (κ2) is 12.3. The van der Waals surface area contributed by atoms with Crippen molar-refractivity contribution in [2.75, 3.05) is 21.3 Å². The molecule has 2 aromatic heterocycles. The zero-order valence-electron chi connectivity index (χ0n) is 26.1. The van der Waals surface area contributed by atoms with Gasteiger partial charge in [-0.05, 0) is 60.4 Å². The molecule has 2 N–H and O–H groups in total. The highest BCUT2D eigenvalue weighted by Gasteiger charge is 2.52. The van der Waals surface area contributed by atoms with Gasteiger partial charge in [0, 0.05) is 30.5 Å². The fraction of sp³-hybridized carbons (Fsp3) is 0.297. The van der Waals surface area contributed by atoms with Crippen molar-refractivity contribution >= 4 is 11.0 Å². The Balaban J connectivity index is 1.24. The standard InChI is InChI=1S/C37H34O10/c1-42-21-9-4-19(5-10-21)6-11-24-18-27(39)31-32-30-20(7-12-23-17-26(38)25-16-22(43-2)13-15-28(25)45-23)8-14-29(44-3)35(30)47-37(33(32)40)34(41)36(31)46-24/h4-5,8-10,13-18,32-34,37,40-41H,6-7,11-12H2,1-3H3/t32-,33+,34-,37-/m0/s1. The lowest BCUT2D eigenvalue weighted by atomic mass is 9.72. The van der Waals surface area contributed by atoms with E-state index in [0.29, 0.717) is 71.0 Å². The third kappa shape index (κ3) is 5.43. The van der Waals surface area contributed by atoms with Crippen molar-refractivity contribution in [1.82, 2.24) is 0 Å². The molecule has 7 rings (SSSR count). The summed E-state index contributed by atoms with van der Waals surface area (Å²) in [6.45, 7) is 0. The molecule has 2 bridgehead atoms. The number of hydrogen-bond donors (Lipinski definition) is 2. The Morgan fingerprint density at radius 3 is 2.15 bits per heavy atom. The minimum Gasteiger partial charge on any atom is -0.497 e. The van der Waals surface area contributed by atoms with Crippen molar-refractivity contribution in [3.63, 3.8) is 0 Å². The predicted molar refractivity (Wildman–Crippen MR) is 172 cm³/mol. The molecule has 10 nitrogen and oxygen atoms in total. The summed E-state index contributed by atoms with van der Waals surface area (Å²) in [6, 6.07) is 19.2. The molecular weight excluding hydrogens is 604 g/mol. The number of hydrogen-bond acceptors (Lipinski definition) is 10. The Bertz CT molecular complexity index is 2080. The molecule has 10 heteroatoms. The van der Waals surface area contributed by atoms with Crippen LogP contribution in [0.2, 0.25) is 0 Å². The van der Waals surface area contributed by atoms with Gasteiger partial charge in [0.15, 0.2) is 34.6 Å². The first-order valence-corrected chi connectivity index (χ1v) is 15.4. The van der Waals surface area contributed by atoms with E-state index in [4.69, 9.17) is 27.8 Å². The molecule has 0 radical (unpaired) electrons. The maximum absolute atomic E-state index is 13.8. The van der Waals surface area contributed by atoms with Gasteiger partial charge in [0.1, 0.15) is 40.5 Å². The second-order valence-corrected chi connectivity index (χ2v) is 11.8. The maximum Gasteiger partial charge on any atom is 0.193 e. The van der Waals surface area contributed by atoms with Crippen molar-refractivity contribution in [2.45, 2.75) is 49.9 Å². The van der Waals surface area contributed by atoms with Gasteiger partial charge in [0.25, 0.3) is 0 Å². The van der Waals surface area contributed by atoms with E-state index < -0.39 is 24.2 Å². The maximum atomic E-state index is 13.8. The zero-order chi connectivity index (χ0) is 32.8. The minimum absolute atomic E-state index is 0.0953. The van der Waals surface area contributed by atoms with E-state index in [9.17, 15) is 19.8 Å². The molecule has 5 aromatic rings. The molecule has 0 saturated heterocycles. The van der Waals surface area contributed by atoms with E-state index in [2.05, 4.69) is 0 Å². The topological polar surface area (TPSA) is 138 Å². The summed E-state index contributed by atoms with van der Waals surface area (Å²) in [7, 11) is 4.65. The Hall–Kier alpha value is -5.06. The first-order chi connectivity index (χ1) is 22.8. The monoisotopic (exact) mass is 638 g/mol. The lowest BCUT2D eigenvalue weighted by molar-refractivity contribution is -0.0836. The van der Waals surface area contributed by atoms with Crippen LogP contribution in [0.25, 0.3) is 11.0 Å². The van der Waals surface area contributed by atoms with Gasteiger partial charge in [0.05, 0.1) is 38.2 Å². The largest absolute Gasteiger partial charge is 0.497 e. The lowest BCUT2D eigenvalue weighted by Crippen LogP contribution is -2.50. The summed E-state index contributed by atoms with van der Waals surface area (Å²) in [5.41, 5.74) is 2.50. The molecule has 2 aliphatic rings. The normalized spacial score (nSPS) is 19.4. The molecule has 0 fully saturated rings. The summed E-state index contributed by atoms with van der Waals surface area (Å²) in [4.78, 5) is 26.7. The summed E-state index contributed by atoms with van der Waals surface area (Å²) >= 11 is 0. The van der Waals surface area contributed by atoms with Crippen LogP contribution >= 0.6 is 0 Å². The van der Waals surface area contributed by atoms with Gasteiger partial charge in [0.2, 0.25) is 0 Å². The number of benzene rings is 3. The summed E-state index contributed by atoms with van der Waals surface area (Å²) in [5.74, 6) is 2.24. The van der Waals surface area contributed by atoms with E-state index in [-0.39, 0.29) is 22.2 Å². The van der Waals surface area contributed by atoms with Crippen LogP contribution in [0.5, 0.6) is 23.0 Å². The smallest absolute Gasteiger partial charge is 0.193 e. The highest BCUT2D eigenvalue weighted by atomic mass is 16.5. The predicted octanol–water partition coefficient (Wildman–Crippen LogP) is 4.64. The van der Waals surface area contributed by atoms with E-state index in [1.807, 2.05) is 30.3 Å². The number of rotatable bonds is 9. The molecule has 0 amide bonds. The van der Waals surface area contributed by atoms with Crippen molar-refractivity contribution in [1.29, 1.82) is 0 Å². The van der Waals surface area contributed by atoms with E-state index in [1.165, 1.54) is 26.4 Å². The summed E-state index contributed by atoms with van der Waals surface area (Å²) in [6.07, 6.45) is -1.89. The fourth-order valence-electron chi connectivity index (χ4n) is 6.72. The SMILES string of the molecule is COc1ccc(CCc2cc(=O)c3c(o2)[C@H](O)[C@H]2Oc4c(OC)ccc(CCc5cc(=O)c6cc(OC)ccc6o5)c4[C@@H]3[C@H]2O)cc1. The average molecular weight is 639 g/mol. The first-order valence-electron chi connectivity index (χ1n) is 15.4. The van der Waals surface area contributed by atoms with E-state index in [1.54, 1.807) is 31.4 Å². The van der Waals surface area contributed by atoms with Crippen molar-refractivity contribution in [3.05, 3.63) is 127 Å². The molecular formula is C37H34O10. The molecule has 3 aromatic carbocycles. The highest BCUT2D eigenvalue weighted by molar-refractivity contribution is 5.78. The molecule has 1 aliphatic heterocycles. The molecule has 4 atom stereocenters. The highest BCUT2D eigenvalue weighted by Crippen LogP contribution is 2.52. The lowest BCUT2D eigenvalue weighted by Gasteiger charge is -2.44. The third-order valence-electron chi connectivity index (χ3n) is 9.11. The van der Waals surface area contributed by atoms with Crippen LogP contribution in [0.1, 0.15) is 51.6 Å². The van der Waals surface area contributed by atoms with Crippen molar-refractivity contribution in [3.8, 4) is 23.0 Å². The quantitative estimate of drug-likeness (QED) is 0.235. The van der Waals surface area contributed by atoms with Gasteiger partial charge in [-0.3, -0.25) is 9.59 Å². The molecule has 47 heavy (non-hydrogen) atoms. The van der Waals surface area contributed by atoms with Gasteiger partial charge in [-0.15, -0.1) is 0 Å². The molecule has 0 spiro atoms. The fourth-order valence-corrected chi connectivity index (χ4v) is 6.72. The molecule has 242 valence electrons. The minimum atomic E-state index is -1.38. The Kier molecular flexibility index (Phi) is 7.99. The Labute approximate surface area is 269 Å². The first kappa shape index (κ1) is 30.6. The van der Waals surface area contributed by atoms with Crippen LogP contribution in [0, 0.1) is 0 Å².